The highest BCUT2D eigenvalue weighted by Crippen LogP contribution is 2.21. The van der Waals surface area contributed by atoms with Crippen LogP contribution in [-0.2, 0) is 35.1 Å². The molecule has 8 N–H and O–H groups in total. The Balaban J connectivity index is 2.15. The van der Waals surface area contributed by atoms with E-state index < -0.39 is 83.3 Å². The molecular formula is C46H70N6O11. The highest BCUT2D eigenvalue weighted by molar-refractivity contribution is 5.99. The van der Waals surface area contributed by atoms with Crippen LogP contribution < -0.4 is 31.9 Å². The molecule has 17 heteroatoms. The van der Waals surface area contributed by atoms with E-state index in [0.717, 1.165) is 30.4 Å². The van der Waals surface area contributed by atoms with Gasteiger partial charge in [-0.2, -0.15) is 0 Å². The molecule has 1 unspecified atom stereocenters. The second-order valence-corrected chi connectivity index (χ2v) is 17.5. The van der Waals surface area contributed by atoms with Crippen molar-refractivity contribution in [2.75, 3.05) is 13.1 Å². The van der Waals surface area contributed by atoms with E-state index in [-0.39, 0.29) is 44.3 Å². The fraction of sp³-hybridized carbons (Fsp3) is 0.587. The predicted molar refractivity (Wildman–Crippen MR) is 239 cm³/mol. The van der Waals surface area contributed by atoms with Crippen LogP contribution in [0.15, 0.2) is 48.5 Å². The number of carbonyl (C=O) groups excluding carboxylic acids is 6. The van der Waals surface area contributed by atoms with Crippen LogP contribution in [-0.4, -0.2) is 107 Å². The smallest absolute Gasteiger partial charge is 0.407 e. The molecule has 0 aliphatic rings. The molecule has 0 heterocycles. The minimum Gasteiger partial charge on any atom is -0.480 e. The van der Waals surface area contributed by atoms with Crippen molar-refractivity contribution >= 4 is 41.8 Å². The zero-order valence-corrected chi connectivity index (χ0v) is 38.4. The summed E-state index contributed by atoms with van der Waals surface area (Å²) in [4.78, 5) is 90.3. The number of aryl methyl sites for hydroxylation is 1. The Morgan fingerprint density at radius 2 is 1.10 bits per heavy atom. The molecule has 5 atom stereocenters. The predicted octanol–water partition coefficient (Wildman–Crippen LogP) is 5.12. The lowest BCUT2D eigenvalue weighted by Gasteiger charge is -2.27. The summed E-state index contributed by atoms with van der Waals surface area (Å²) in [5, 5.41) is 35.8. The number of aliphatic hydroxyl groups is 1. The Morgan fingerprint density at radius 1 is 0.603 bits per heavy atom. The van der Waals surface area contributed by atoms with E-state index in [0.29, 0.717) is 12.8 Å². The summed E-state index contributed by atoms with van der Waals surface area (Å²) in [6.45, 7) is 15.7. The first-order valence-electron chi connectivity index (χ1n) is 21.8. The first-order chi connectivity index (χ1) is 29.5. The van der Waals surface area contributed by atoms with Gasteiger partial charge in [0, 0.05) is 18.7 Å². The van der Waals surface area contributed by atoms with Crippen LogP contribution in [0.2, 0.25) is 0 Å². The number of aliphatic hydroxyl groups excluding tert-OH is 1. The van der Waals surface area contributed by atoms with E-state index in [2.05, 4.69) is 51.0 Å². The number of rotatable bonds is 24. The van der Waals surface area contributed by atoms with Crippen molar-refractivity contribution in [3.8, 4) is 11.1 Å². The van der Waals surface area contributed by atoms with Gasteiger partial charge in [-0.3, -0.25) is 19.2 Å². The molecule has 2 aromatic carbocycles. The number of hydrogen-bond acceptors (Lipinski definition) is 10. The standard InChI is InChI=1S/C46H70N6O11/c1-10-12-16-30-19-21-31(22-20-30)32-23-25-33(26-24-32)38(54)50-35(18-15-28-48-44(61)63-46(7,8)9)40(56)52-37(29(3)53)41(57)49-34(11-2)39(55)51-36(42(58)59)17-13-14-27-47-43(60)62-45(4,5)6/h19-26,29,34-37,53H,10-18,27-28H2,1-9H3,(H,47,60)(H,48,61)(H,49,57)(H,50,54)(H,51,55)(H,52,56)(H,58,59)/t29?,34-,35-,36-,37-/m0/s1. The second kappa shape index (κ2) is 26.0. The van der Waals surface area contributed by atoms with Gasteiger partial charge in [0.25, 0.3) is 5.91 Å². The van der Waals surface area contributed by atoms with Gasteiger partial charge in [0.15, 0.2) is 0 Å². The van der Waals surface area contributed by atoms with Crippen molar-refractivity contribution < 1.29 is 53.2 Å². The highest BCUT2D eigenvalue weighted by atomic mass is 16.6. The van der Waals surface area contributed by atoms with Gasteiger partial charge < -0.3 is 51.6 Å². The average Bonchev–Trinajstić information content (AvgIpc) is 3.20. The number of hydrogen-bond donors (Lipinski definition) is 8. The molecule has 63 heavy (non-hydrogen) atoms. The van der Waals surface area contributed by atoms with E-state index in [4.69, 9.17) is 9.47 Å². The van der Waals surface area contributed by atoms with Crippen molar-refractivity contribution in [1.29, 1.82) is 0 Å². The lowest BCUT2D eigenvalue weighted by Crippen LogP contribution is -2.60. The van der Waals surface area contributed by atoms with Crippen LogP contribution in [0.5, 0.6) is 0 Å². The minimum atomic E-state index is -1.58. The van der Waals surface area contributed by atoms with Gasteiger partial charge in [-0.25, -0.2) is 14.4 Å². The van der Waals surface area contributed by atoms with E-state index in [1.807, 2.05) is 12.1 Å². The SMILES string of the molecule is CCCCc1ccc(-c2ccc(C(=O)N[C@@H](CCCNC(=O)OC(C)(C)C)C(=O)N[C@H](C(=O)N[C@@H](CC)C(=O)N[C@@H](CCCCNC(=O)OC(C)(C)C)C(=O)O)C(C)O)cc2)cc1. The number of aliphatic carboxylic acids is 1. The maximum Gasteiger partial charge on any atom is 0.407 e. The molecular weight excluding hydrogens is 813 g/mol. The fourth-order valence-corrected chi connectivity index (χ4v) is 6.16. The summed E-state index contributed by atoms with van der Waals surface area (Å²) in [6, 6.07) is 9.74. The third-order valence-electron chi connectivity index (χ3n) is 9.52. The Bertz CT molecular complexity index is 1800. The van der Waals surface area contributed by atoms with Gasteiger partial charge >= 0.3 is 18.2 Å². The van der Waals surface area contributed by atoms with Crippen molar-refractivity contribution in [2.24, 2.45) is 0 Å². The molecule has 0 saturated carbocycles. The van der Waals surface area contributed by atoms with Gasteiger partial charge in [-0.15, -0.1) is 0 Å². The van der Waals surface area contributed by atoms with Crippen LogP contribution >= 0.6 is 0 Å². The third-order valence-corrected chi connectivity index (χ3v) is 9.52. The van der Waals surface area contributed by atoms with Gasteiger partial charge in [0.2, 0.25) is 17.7 Å². The summed E-state index contributed by atoms with van der Waals surface area (Å²) >= 11 is 0. The zero-order valence-electron chi connectivity index (χ0n) is 38.4. The zero-order chi connectivity index (χ0) is 47.3. The van der Waals surface area contributed by atoms with E-state index in [9.17, 15) is 43.8 Å². The van der Waals surface area contributed by atoms with E-state index >= 15 is 0 Å². The van der Waals surface area contributed by atoms with Gasteiger partial charge in [0.1, 0.15) is 35.4 Å². The Hall–Kier alpha value is -5.71. The number of carboxylic acid groups (broad SMARTS) is 1. The molecule has 2 aromatic rings. The number of ether oxygens (including phenoxy) is 2. The van der Waals surface area contributed by atoms with Crippen molar-refractivity contribution in [1.82, 2.24) is 31.9 Å². The number of carbonyl (C=O) groups is 7. The lowest BCUT2D eigenvalue weighted by molar-refractivity contribution is -0.142. The number of unbranched alkanes of at least 4 members (excludes halogenated alkanes) is 2. The molecule has 0 aliphatic carbocycles. The van der Waals surface area contributed by atoms with E-state index in [1.54, 1.807) is 72.7 Å². The largest absolute Gasteiger partial charge is 0.480 e. The average molecular weight is 883 g/mol. The van der Waals surface area contributed by atoms with Crippen LogP contribution in [0.1, 0.15) is 130 Å². The summed E-state index contributed by atoms with van der Waals surface area (Å²) < 4.78 is 10.5. The minimum absolute atomic E-state index is 0.0115. The van der Waals surface area contributed by atoms with Crippen LogP contribution in [0.25, 0.3) is 11.1 Å². The normalized spacial score (nSPS) is 13.8. The molecule has 2 rings (SSSR count). The highest BCUT2D eigenvalue weighted by Gasteiger charge is 2.33. The first-order valence-corrected chi connectivity index (χ1v) is 21.8. The molecule has 0 fully saturated rings. The lowest BCUT2D eigenvalue weighted by atomic mass is 10.0. The molecule has 6 amide bonds. The molecule has 17 nitrogen and oxygen atoms in total. The first kappa shape index (κ1) is 53.4. The van der Waals surface area contributed by atoms with Crippen LogP contribution in [0, 0.1) is 0 Å². The molecule has 0 spiro atoms. The third kappa shape index (κ3) is 20.8. The summed E-state index contributed by atoms with van der Waals surface area (Å²) in [5.74, 6) is -4.41. The van der Waals surface area contributed by atoms with Crippen LogP contribution in [0.4, 0.5) is 9.59 Å². The number of alkyl carbamates (subject to hydrolysis) is 2. The molecule has 0 radical (unpaired) electrons. The fourth-order valence-electron chi connectivity index (χ4n) is 6.16. The summed E-state index contributed by atoms with van der Waals surface area (Å²) in [6.07, 6.45) is 1.51. The quantitative estimate of drug-likeness (QED) is 0.0643. The number of carboxylic acids is 1. The van der Waals surface area contributed by atoms with Crippen LogP contribution in [0.3, 0.4) is 0 Å². The van der Waals surface area contributed by atoms with E-state index in [1.165, 1.54) is 12.5 Å². The molecule has 0 saturated heterocycles. The van der Waals surface area contributed by atoms with Gasteiger partial charge in [-0.05, 0) is 129 Å². The second-order valence-electron chi connectivity index (χ2n) is 17.5. The number of nitrogens with one attached hydrogen (secondary N) is 6. The number of amides is 6. The maximum absolute atomic E-state index is 13.8. The molecule has 0 bridgehead atoms. The van der Waals surface area contributed by atoms with Gasteiger partial charge in [-0.1, -0.05) is 56.7 Å². The van der Waals surface area contributed by atoms with Crippen molar-refractivity contribution in [3.63, 3.8) is 0 Å². The van der Waals surface area contributed by atoms with Crippen molar-refractivity contribution in [2.45, 2.75) is 162 Å². The number of benzene rings is 2. The summed E-state index contributed by atoms with van der Waals surface area (Å²) in [5.41, 5.74) is 1.97. The Morgan fingerprint density at radius 3 is 1.59 bits per heavy atom. The Kier molecular flexibility index (Phi) is 22.1. The Labute approximate surface area is 371 Å². The maximum atomic E-state index is 13.8. The molecule has 0 aromatic heterocycles. The summed E-state index contributed by atoms with van der Waals surface area (Å²) in [7, 11) is 0. The topological polar surface area (TPSA) is 251 Å². The molecule has 0 aliphatic heterocycles. The van der Waals surface area contributed by atoms with Crippen molar-refractivity contribution in [3.05, 3.63) is 59.7 Å². The molecule has 350 valence electrons. The monoisotopic (exact) mass is 883 g/mol. The van der Waals surface area contributed by atoms with Gasteiger partial charge in [0.05, 0.1) is 6.10 Å².